The molecule has 2 aromatic heterocycles. The van der Waals surface area contributed by atoms with Crippen LogP contribution in [0.5, 0.6) is 11.5 Å². The summed E-state index contributed by atoms with van der Waals surface area (Å²) in [6.07, 6.45) is 12.8. The van der Waals surface area contributed by atoms with Gasteiger partial charge in [0.2, 0.25) is 0 Å². The number of benzene rings is 3. The van der Waals surface area contributed by atoms with Crippen LogP contribution >= 0.6 is 11.3 Å². The van der Waals surface area contributed by atoms with Gasteiger partial charge in [-0.1, -0.05) is 43.7 Å². The third-order valence-electron chi connectivity index (χ3n) is 16.4. The van der Waals surface area contributed by atoms with Gasteiger partial charge in [0.05, 0.1) is 30.3 Å². The summed E-state index contributed by atoms with van der Waals surface area (Å²) in [6, 6.07) is 19.7. The molecule has 0 bridgehead atoms. The summed E-state index contributed by atoms with van der Waals surface area (Å²) < 4.78 is 31.0. The molecule has 9 rings (SSSR count). The van der Waals surface area contributed by atoms with E-state index in [1.807, 2.05) is 37.3 Å². The van der Waals surface area contributed by atoms with Crippen LogP contribution in [0, 0.1) is 47.3 Å². The number of aryl methyl sites for hydroxylation is 1. The van der Waals surface area contributed by atoms with E-state index in [1.54, 1.807) is 26.0 Å². The zero-order chi connectivity index (χ0) is 50.5. The largest absolute Gasteiger partial charge is 0.465 e. The van der Waals surface area contributed by atoms with E-state index in [1.165, 1.54) is 16.9 Å². The lowest BCUT2D eigenvalue weighted by atomic mass is 9.79. The second-order valence-electron chi connectivity index (χ2n) is 21.3. The van der Waals surface area contributed by atoms with E-state index >= 15 is 0 Å². The molecule has 0 N–H and O–H groups in total. The van der Waals surface area contributed by atoms with Crippen molar-refractivity contribution in [1.82, 2.24) is 4.98 Å². The van der Waals surface area contributed by atoms with Crippen molar-refractivity contribution in [1.29, 1.82) is 0 Å². The molecule has 12 nitrogen and oxygen atoms in total. The molecule has 4 aliphatic rings. The van der Waals surface area contributed by atoms with E-state index in [4.69, 9.17) is 28.3 Å². The molecule has 0 spiro atoms. The summed E-state index contributed by atoms with van der Waals surface area (Å²) in [5, 5.41) is 1.73. The van der Waals surface area contributed by atoms with Crippen LogP contribution in [-0.2, 0) is 44.7 Å². The Bertz CT molecular complexity index is 2760. The van der Waals surface area contributed by atoms with Gasteiger partial charge in [-0.2, -0.15) is 0 Å². The molecule has 72 heavy (non-hydrogen) atoms. The van der Waals surface area contributed by atoms with Crippen molar-refractivity contribution in [3.63, 3.8) is 0 Å². The van der Waals surface area contributed by atoms with E-state index < -0.39 is 0 Å². The zero-order valence-corrected chi connectivity index (χ0v) is 43.1. The summed E-state index contributed by atoms with van der Waals surface area (Å²) in [5.41, 5.74) is 4.32. The minimum atomic E-state index is -0.347. The number of carbonyl (C=O) groups is 6. The Labute approximate surface area is 426 Å². The third-order valence-corrected chi connectivity index (χ3v) is 17.5. The number of ether oxygens (including phenoxy) is 4. The molecule has 4 aliphatic carbocycles. The maximum atomic E-state index is 13.9. The van der Waals surface area contributed by atoms with Crippen LogP contribution in [0.2, 0.25) is 0 Å². The quantitative estimate of drug-likeness (QED) is 0.0679. The molecule has 13 heteroatoms. The first kappa shape index (κ1) is 51.2. The number of hydrogen-bond acceptors (Lipinski definition) is 13. The number of Topliss-reactive ketones (excluding diaryl/α,β-unsaturated/α-hetero) is 2. The van der Waals surface area contributed by atoms with E-state index in [-0.39, 0.29) is 88.9 Å². The second-order valence-corrected chi connectivity index (χ2v) is 22.3. The van der Waals surface area contributed by atoms with Crippen molar-refractivity contribution in [3.05, 3.63) is 66.2 Å². The number of ketones is 2. The van der Waals surface area contributed by atoms with E-state index in [9.17, 15) is 28.8 Å². The van der Waals surface area contributed by atoms with Crippen LogP contribution < -0.4 is 9.47 Å². The number of thiazole rings is 1. The maximum absolute atomic E-state index is 13.9. The van der Waals surface area contributed by atoms with Crippen LogP contribution in [0.25, 0.3) is 43.1 Å². The Kier molecular flexibility index (Phi) is 16.4. The van der Waals surface area contributed by atoms with Crippen LogP contribution in [-0.4, -0.2) is 53.1 Å². The Morgan fingerprint density at radius 1 is 0.611 bits per heavy atom. The molecule has 0 saturated heterocycles. The molecule has 0 aliphatic heterocycles. The number of nitrogens with zero attached hydrogens (tertiary/aromatic N) is 1. The lowest BCUT2D eigenvalue weighted by Crippen LogP contribution is -2.34. The molecular weight excluding hydrogens is 931 g/mol. The summed E-state index contributed by atoms with van der Waals surface area (Å²) in [5.74, 6) is 0.170. The molecule has 4 saturated carbocycles. The van der Waals surface area contributed by atoms with Gasteiger partial charge in [-0.15, -0.1) is 11.3 Å². The van der Waals surface area contributed by atoms with Gasteiger partial charge in [0.25, 0.3) is 0 Å². The molecule has 3 aromatic carbocycles. The Balaban J connectivity index is 0.855. The summed E-state index contributed by atoms with van der Waals surface area (Å²) in [7, 11) is 0. The molecule has 382 valence electrons. The topological polar surface area (TPSA) is 165 Å². The number of hydrogen-bond donors (Lipinski definition) is 0. The molecule has 1 unspecified atom stereocenters. The van der Waals surface area contributed by atoms with Crippen LogP contribution in [0.1, 0.15) is 142 Å². The second kappa shape index (κ2) is 23.0. The Morgan fingerprint density at radius 2 is 1.14 bits per heavy atom. The van der Waals surface area contributed by atoms with Gasteiger partial charge in [-0.25, -0.2) is 4.98 Å². The van der Waals surface area contributed by atoms with Gasteiger partial charge in [-0.05, 0) is 178 Å². The average Bonchev–Trinajstić information content (AvgIpc) is 4.05. The van der Waals surface area contributed by atoms with E-state index in [0.717, 1.165) is 92.1 Å². The summed E-state index contributed by atoms with van der Waals surface area (Å²) in [4.78, 5) is 82.4. The number of furan rings is 1. The summed E-state index contributed by atoms with van der Waals surface area (Å²) >= 11 is 1.37. The highest BCUT2D eigenvalue weighted by atomic mass is 32.1. The van der Waals surface area contributed by atoms with Crippen molar-refractivity contribution in [2.75, 3.05) is 6.61 Å². The van der Waals surface area contributed by atoms with Crippen molar-refractivity contribution >= 4 is 68.0 Å². The normalized spacial score (nSPS) is 25.1. The molecule has 5 aromatic rings. The minimum Gasteiger partial charge on any atom is -0.465 e. The van der Waals surface area contributed by atoms with Gasteiger partial charge in [0, 0.05) is 28.3 Å². The Hall–Kier alpha value is -5.69. The zero-order valence-electron chi connectivity index (χ0n) is 42.3. The first-order chi connectivity index (χ1) is 34.8. The van der Waals surface area contributed by atoms with Gasteiger partial charge in [0.15, 0.2) is 11.5 Å². The highest BCUT2D eigenvalue weighted by Gasteiger charge is 2.36. The standard InChI is InChI=1S/C59H69NO11S/c1-5-6-37-9-28-49-48(31-37)32-52(69-49)42-18-20-43(21-19-42)55-60-53-50(70-58(65)47-26-16-41(17-27-47)36(4)68-57(64)46-24-14-40(15-25-46)35(3)62)29-30-51(54(53)72-55)71-59(66)45-10-7-38(8-11-45)33-67-56(63)44-22-12-39(13-23-44)34(2)61/h9,18-21,28-32,36,38-41,44-47H,5-8,10-17,22-27,33H2,1-4H3. The monoisotopic (exact) mass is 999 g/mol. The molecule has 0 amide bonds. The predicted molar refractivity (Wildman–Crippen MR) is 275 cm³/mol. The van der Waals surface area contributed by atoms with Crippen LogP contribution in [0.4, 0.5) is 0 Å². The number of carbonyl (C=O) groups excluding carboxylic acids is 6. The van der Waals surface area contributed by atoms with Crippen molar-refractivity contribution in [2.45, 2.75) is 149 Å². The number of esters is 4. The third kappa shape index (κ3) is 12.0. The van der Waals surface area contributed by atoms with Crippen LogP contribution in [0.3, 0.4) is 0 Å². The first-order valence-electron chi connectivity index (χ1n) is 26.7. The van der Waals surface area contributed by atoms with Crippen LogP contribution in [0.15, 0.2) is 65.1 Å². The summed E-state index contributed by atoms with van der Waals surface area (Å²) in [6.45, 7) is 7.70. The van der Waals surface area contributed by atoms with Crippen molar-refractivity contribution < 1.29 is 52.1 Å². The number of aromatic nitrogens is 1. The maximum Gasteiger partial charge on any atom is 0.314 e. The molecule has 2 heterocycles. The van der Waals surface area contributed by atoms with Crippen molar-refractivity contribution in [2.24, 2.45) is 47.3 Å². The molecule has 0 radical (unpaired) electrons. The first-order valence-corrected chi connectivity index (χ1v) is 27.5. The minimum absolute atomic E-state index is 0.0444. The van der Waals surface area contributed by atoms with E-state index in [0.29, 0.717) is 84.7 Å². The lowest BCUT2D eigenvalue weighted by Gasteiger charge is -2.32. The number of fused-ring (bicyclic) bond motifs is 2. The predicted octanol–water partition coefficient (Wildman–Crippen LogP) is 13.0. The fraction of sp³-hybridized carbons (Fsp3) is 0.542. The van der Waals surface area contributed by atoms with Gasteiger partial charge in [-0.3, -0.25) is 28.8 Å². The highest BCUT2D eigenvalue weighted by Crippen LogP contribution is 2.43. The molecular formula is C59H69NO11S. The lowest BCUT2D eigenvalue weighted by molar-refractivity contribution is -0.159. The van der Waals surface area contributed by atoms with Gasteiger partial charge < -0.3 is 23.4 Å². The molecule has 4 fully saturated rings. The Morgan fingerprint density at radius 3 is 1.75 bits per heavy atom. The average molecular weight is 1000 g/mol. The van der Waals surface area contributed by atoms with Gasteiger partial charge in [0.1, 0.15) is 44.2 Å². The van der Waals surface area contributed by atoms with E-state index in [2.05, 4.69) is 25.1 Å². The van der Waals surface area contributed by atoms with Crippen molar-refractivity contribution in [3.8, 4) is 33.4 Å². The van der Waals surface area contributed by atoms with Gasteiger partial charge >= 0.3 is 23.9 Å². The fourth-order valence-electron chi connectivity index (χ4n) is 11.6. The molecule has 1 atom stereocenters. The fourth-order valence-corrected chi connectivity index (χ4v) is 12.7. The smallest absolute Gasteiger partial charge is 0.314 e. The highest BCUT2D eigenvalue weighted by molar-refractivity contribution is 7.22. The number of rotatable bonds is 16. The SMILES string of the molecule is CCCc1ccc2oc(-c3ccc(-c4nc5c(OC(=O)C6CCC(C(C)OC(=O)C7CCC(C(C)=O)CC7)CC6)ccc(OC(=O)C6CCC(COC(=O)C7CCC(C(C)=O)CC7)CC6)c5s4)cc3)cc2c1.